The van der Waals surface area contributed by atoms with Gasteiger partial charge in [-0.25, -0.2) is 0 Å². The zero-order chi connectivity index (χ0) is 11.9. The minimum absolute atomic E-state index is 0.377. The summed E-state index contributed by atoms with van der Waals surface area (Å²) in [5.74, 6) is 0.377. The van der Waals surface area contributed by atoms with Crippen LogP contribution in [0.4, 0.5) is 0 Å². The maximum Gasteiger partial charge on any atom is 0.0911 e. The second-order valence-electron chi connectivity index (χ2n) is 6.27. The molecule has 3 rings (SSSR count). The molecule has 0 bridgehead atoms. The molecule has 1 unspecified atom stereocenters. The summed E-state index contributed by atoms with van der Waals surface area (Å²) in [7, 11) is 0. The molecule has 3 aliphatic rings. The van der Waals surface area contributed by atoms with Crippen molar-refractivity contribution in [1.82, 2.24) is 9.80 Å². The second-order valence-corrected chi connectivity index (χ2v) is 6.27. The van der Waals surface area contributed by atoms with Crippen molar-refractivity contribution in [2.24, 2.45) is 11.1 Å². The van der Waals surface area contributed by atoms with Gasteiger partial charge in [-0.2, -0.15) is 0 Å². The predicted octanol–water partition coefficient (Wildman–Crippen LogP) is 0.873. The van der Waals surface area contributed by atoms with Crippen LogP contribution >= 0.6 is 0 Å². The fourth-order valence-corrected chi connectivity index (χ4v) is 3.65. The fourth-order valence-electron chi connectivity index (χ4n) is 3.65. The molecular formula is C13H24N4. The van der Waals surface area contributed by atoms with Crippen LogP contribution in [-0.2, 0) is 0 Å². The minimum Gasteiger partial charge on any atom is -0.388 e. The van der Waals surface area contributed by atoms with Gasteiger partial charge in [-0.05, 0) is 37.6 Å². The van der Waals surface area contributed by atoms with Gasteiger partial charge in [0, 0.05) is 38.6 Å². The van der Waals surface area contributed by atoms with Gasteiger partial charge in [0.25, 0.3) is 0 Å². The van der Waals surface area contributed by atoms with Crippen molar-refractivity contribution < 1.29 is 0 Å². The molecule has 2 saturated heterocycles. The van der Waals surface area contributed by atoms with E-state index in [1.165, 1.54) is 58.4 Å². The lowest BCUT2D eigenvalue weighted by Gasteiger charge is -2.39. The Hall–Kier alpha value is -0.610. The Morgan fingerprint density at radius 1 is 1.29 bits per heavy atom. The van der Waals surface area contributed by atoms with Gasteiger partial charge in [0.05, 0.1) is 5.84 Å². The molecule has 4 nitrogen and oxygen atoms in total. The van der Waals surface area contributed by atoms with Crippen LogP contribution < -0.4 is 5.73 Å². The SMILES string of the molecule is N=C(N)CC1(CN2CCN3CCCC3C2)CC1. The van der Waals surface area contributed by atoms with Crippen LogP contribution in [0.2, 0.25) is 0 Å². The fraction of sp³-hybridized carbons (Fsp3) is 0.923. The van der Waals surface area contributed by atoms with Gasteiger partial charge in [-0.3, -0.25) is 15.2 Å². The number of nitrogens with one attached hydrogen (secondary N) is 1. The van der Waals surface area contributed by atoms with E-state index in [1.54, 1.807) is 0 Å². The van der Waals surface area contributed by atoms with Crippen molar-refractivity contribution in [3.8, 4) is 0 Å². The van der Waals surface area contributed by atoms with Crippen molar-refractivity contribution in [2.75, 3.05) is 32.7 Å². The molecule has 1 saturated carbocycles. The monoisotopic (exact) mass is 236 g/mol. The van der Waals surface area contributed by atoms with Crippen LogP contribution in [0.1, 0.15) is 32.1 Å². The first kappa shape index (κ1) is 11.5. The molecule has 1 atom stereocenters. The summed E-state index contributed by atoms with van der Waals surface area (Å²) in [6.45, 7) is 6.21. The van der Waals surface area contributed by atoms with Crippen LogP contribution in [0.15, 0.2) is 0 Å². The number of piperazine rings is 1. The average Bonchev–Trinajstić information content (AvgIpc) is 2.85. The third kappa shape index (κ3) is 2.47. The molecule has 17 heavy (non-hydrogen) atoms. The minimum atomic E-state index is 0.377. The molecule has 0 radical (unpaired) electrons. The molecule has 3 fully saturated rings. The predicted molar refractivity (Wildman–Crippen MR) is 69.2 cm³/mol. The number of hydrogen-bond donors (Lipinski definition) is 2. The maximum absolute atomic E-state index is 7.48. The Bertz CT molecular complexity index is 311. The van der Waals surface area contributed by atoms with Gasteiger partial charge in [-0.15, -0.1) is 0 Å². The smallest absolute Gasteiger partial charge is 0.0911 e. The van der Waals surface area contributed by atoms with E-state index in [4.69, 9.17) is 11.1 Å². The Morgan fingerprint density at radius 3 is 2.82 bits per heavy atom. The van der Waals surface area contributed by atoms with Crippen LogP contribution in [-0.4, -0.2) is 54.4 Å². The summed E-state index contributed by atoms with van der Waals surface area (Å²) >= 11 is 0. The summed E-state index contributed by atoms with van der Waals surface area (Å²) in [6.07, 6.45) is 6.14. The largest absolute Gasteiger partial charge is 0.388 e. The Labute approximate surface area is 104 Å². The topological polar surface area (TPSA) is 56.4 Å². The summed E-state index contributed by atoms with van der Waals surface area (Å²) < 4.78 is 0. The van der Waals surface area contributed by atoms with Gasteiger partial charge >= 0.3 is 0 Å². The van der Waals surface area contributed by atoms with Gasteiger partial charge in [0.2, 0.25) is 0 Å². The average molecular weight is 236 g/mol. The van der Waals surface area contributed by atoms with E-state index in [0.29, 0.717) is 11.3 Å². The lowest BCUT2D eigenvalue weighted by Crippen LogP contribution is -2.51. The molecule has 0 aromatic rings. The highest BCUT2D eigenvalue weighted by molar-refractivity contribution is 5.78. The summed E-state index contributed by atoms with van der Waals surface area (Å²) in [6, 6.07) is 0.817. The molecule has 2 heterocycles. The van der Waals surface area contributed by atoms with E-state index < -0.39 is 0 Å². The van der Waals surface area contributed by atoms with E-state index in [2.05, 4.69) is 9.80 Å². The second kappa shape index (κ2) is 4.25. The van der Waals surface area contributed by atoms with Crippen LogP contribution in [0.5, 0.6) is 0 Å². The lowest BCUT2D eigenvalue weighted by molar-refractivity contribution is 0.0887. The van der Waals surface area contributed by atoms with Crippen molar-refractivity contribution in [3.05, 3.63) is 0 Å². The first-order valence-corrected chi connectivity index (χ1v) is 6.96. The molecule has 0 aromatic carbocycles. The lowest BCUT2D eigenvalue weighted by atomic mass is 10.00. The zero-order valence-corrected chi connectivity index (χ0v) is 10.6. The standard InChI is InChI=1S/C13H24N4/c14-12(15)8-13(3-4-13)10-16-6-7-17-5-1-2-11(17)9-16/h11H,1-10H2,(H3,14,15). The highest BCUT2D eigenvalue weighted by Crippen LogP contribution is 2.49. The van der Waals surface area contributed by atoms with E-state index in [9.17, 15) is 0 Å². The number of rotatable bonds is 4. The number of amidine groups is 1. The van der Waals surface area contributed by atoms with Crippen LogP contribution in [0, 0.1) is 10.8 Å². The van der Waals surface area contributed by atoms with E-state index >= 15 is 0 Å². The molecule has 1 aliphatic carbocycles. The van der Waals surface area contributed by atoms with Gasteiger partial charge in [0.1, 0.15) is 0 Å². The molecule has 0 aromatic heterocycles. The maximum atomic E-state index is 7.48. The van der Waals surface area contributed by atoms with Crippen molar-refractivity contribution in [3.63, 3.8) is 0 Å². The molecule has 2 aliphatic heterocycles. The number of fused-ring (bicyclic) bond motifs is 1. The molecule has 96 valence electrons. The molecule has 0 spiro atoms. The highest BCUT2D eigenvalue weighted by atomic mass is 15.3. The normalized spacial score (nSPS) is 32.4. The Kier molecular flexibility index (Phi) is 2.87. The van der Waals surface area contributed by atoms with Crippen molar-refractivity contribution >= 4 is 5.84 Å². The molecule has 0 amide bonds. The molecule has 4 heteroatoms. The zero-order valence-electron chi connectivity index (χ0n) is 10.6. The van der Waals surface area contributed by atoms with Crippen molar-refractivity contribution in [2.45, 2.75) is 38.1 Å². The first-order valence-electron chi connectivity index (χ1n) is 6.96. The summed E-state index contributed by atoms with van der Waals surface area (Å²) in [5.41, 5.74) is 5.95. The molecular weight excluding hydrogens is 212 g/mol. The number of nitrogens with zero attached hydrogens (tertiary/aromatic N) is 2. The van der Waals surface area contributed by atoms with E-state index in [0.717, 1.165) is 12.5 Å². The van der Waals surface area contributed by atoms with Crippen molar-refractivity contribution in [1.29, 1.82) is 5.41 Å². The van der Waals surface area contributed by atoms with Crippen LogP contribution in [0.3, 0.4) is 0 Å². The number of nitrogens with two attached hydrogens (primary N) is 1. The van der Waals surface area contributed by atoms with Gasteiger partial charge < -0.3 is 5.73 Å². The summed E-state index contributed by atoms with van der Waals surface area (Å²) in [5, 5.41) is 7.48. The van der Waals surface area contributed by atoms with Gasteiger partial charge in [-0.1, -0.05) is 0 Å². The summed E-state index contributed by atoms with van der Waals surface area (Å²) in [4.78, 5) is 5.28. The highest BCUT2D eigenvalue weighted by Gasteiger charge is 2.45. The molecule has 3 N–H and O–H groups in total. The Morgan fingerprint density at radius 2 is 2.12 bits per heavy atom. The quantitative estimate of drug-likeness (QED) is 0.562. The van der Waals surface area contributed by atoms with Gasteiger partial charge in [0.15, 0.2) is 0 Å². The third-order valence-electron chi connectivity index (χ3n) is 4.75. The van der Waals surface area contributed by atoms with E-state index in [-0.39, 0.29) is 0 Å². The first-order chi connectivity index (χ1) is 8.17. The Balaban J connectivity index is 1.54. The van der Waals surface area contributed by atoms with E-state index in [1.807, 2.05) is 0 Å². The third-order valence-corrected chi connectivity index (χ3v) is 4.75. The number of hydrogen-bond acceptors (Lipinski definition) is 3. The van der Waals surface area contributed by atoms with Crippen LogP contribution in [0.25, 0.3) is 0 Å².